The minimum Gasteiger partial charge on any atom is -0.463 e. The van der Waals surface area contributed by atoms with Gasteiger partial charge in [0.2, 0.25) is 11.9 Å². The first-order valence-electron chi connectivity index (χ1n) is 11.4. The fraction of sp³-hybridized carbons (Fsp3) is 0.120. The molecular formula is C25H22N6O5S2. The molecule has 11 nitrogen and oxygen atoms in total. The molecular weight excluding hydrogens is 528 g/mol. The Balaban J connectivity index is 1.17. The summed E-state index contributed by atoms with van der Waals surface area (Å²) in [5.74, 6) is 1.46. The number of nitrogens with one attached hydrogen (secondary N) is 3. The van der Waals surface area contributed by atoms with Crippen LogP contribution in [0.2, 0.25) is 0 Å². The van der Waals surface area contributed by atoms with Gasteiger partial charge in [-0.05, 0) is 61.5 Å². The Bertz CT molecular complexity index is 1580. The summed E-state index contributed by atoms with van der Waals surface area (Å²) in [6, 6.07) is 14.7. The number of furan rings is 2. The van der Waals surface area contributed by atoms with Crippen LogP contribution in [0.5, 0.6) is 0 Å². The monoisotopic (exact) mass is 550 g/mol. The molecule has 38 heavy (non-hydrogen) atoms. The van der Waals surface area contributed by atoms with Crippen LogP contribution < -0.4 is 10.0 Å². The van der Waals surface area contributed by atoms with E-state index >= 15 is 0 Å². The highest BCUT2D eigenvalue weighted by atomic mass is 32.2. The second kappa shape index (κ2) is 10.9. The Morgan fingerprint density at radius 3 is 2.42 bits per heavy atom. The van der Waals surface area contributed by atoms with Gasteiger partial charge in [0.1, 0.15) is 11.4 Å². The lowest BCUT2D eigenvalue weighted by molar-refractivity contribution is -0.115. The maximum Gasteiger partial charge on any atom is 0.264 e. The molecule has 0 radical (unpaired) electrons. The summed E-state index contributed by atoms with van der Waals surface area (Å²) in [5, 5.41) is 3.39. The highest BCUT2D eigenvalue weighted by molar-refractivity contribution is 7.99. The van der Waals surface area contributed by atoms with E-state index in [0.29, 0.717) is 45.2 Å². The number of imidazole rings is 1. The minimum atomic E-state index is -3.87. The van der Waals surface area contributed by atoms with Gasteiger partial charge in [-0.15, -0.1) is 0 Å². The van der Waals surface area contributed by atoms with E-state index in [4.69, 9.17) is 8.83 Å². The van der Waals surface area contributed by atoms with Crippen molar-refractivity contribution in [2.45, 2.75) is 23.4 Å². The van der Waals surface area contributed by atoms with Crippen LogP contribution in [-0.4, -0.2) is 40.0 Å². The molecule has 5 aromatic rings. The number of amides is 1. The molecule has 194 valence electrons. The van der Waals surface area contributed by atoms with Gasteiger partial charge < -0.3 is 19.1 Å². The van der Waals surface area contributed by atoms with Crippen molar-refractivity contribution in [1.82, 2.24) is 19.9 Å². The Morgan fingerprint density at radius 2 is 1.74 bits per heavy atom. The van der Waals surface area contributed by atoms with Gasteiger partial charge in [0.15, 0.2) is 16.7 Å². The largest absolute Gasteiger partial charge is 0.463 e. The molecule has 0 saturated heterocycles. The van der Waals surface area contributed by atoms with Crippen LogP contribution in [0.1, 0.15) is 12.1 Å². The summed E-state index contributed by atoms with van der Waals surface area (Å²) in [7, 11) is -3.87. The van der Waals surface area contributed by atoms with Crippen molar-refractivity contribution in [2.24, 2.45) is 0 Å². The molecule has 0 aliphatic heterocycles. The number of aromatic nitrogens is 4. The van der Waals surface area contributed by atoms with Crippen molar-refractivity contribution >= 4 is 39.3 Å². The average Bonchev–Trinajstić information content (AvgIpc) is 3.65. The predicted molar refractivity (Wildman–Crippen MR) is 142 cm³/mol. The zero-order valence-corrected chi connectivity index (χ0v) is 21.7. The third-order valence-electron chi connectivity index (χ3n) is 5.24. The van der Waals surface area contributed by atoms with Crippen molar-refractivity contribution in [1.29, 1.82) is 0 Å². The van der Waals surface area contributed by atoms with Gasteiger partial charge in [-0.3, -0.25) is 4.79 Å². The van der Waals surface area contributed by atoms with Crippen molar-refractivity contribution in [3.8, 4) is 22.9 Å². The number of thioether (sulfide) groups is 1. The van der Waals surface area contributed by atoms with Gasteiger partial charge in [0.25, 0.3) is 10.0 Å². The lowest BCUT2D eigenvalue weighted by Gasteiger charge is -2.09. The maximum atomic E-state index is 12.6. The molecule has 5 rings (SSSR count). The standard InChI is InChI=1S/C25H22N6O5S2/c1-16-10-12-26-24(27-16)31-38(33,34)18-8-6-17(7-9-18)28-21(32)11-15-37-25-29-22(19-4-2-13-35-19)23(30-25)20-5-3-14-36-20/h2-10,12-14H,11,15H2,1H3,(H,28,32)(H,29,30)(H,26,27,31). The number of benzene rings is 1. The number of aryl methyl sites for hydroxylation is 1. The van der Waals surface area contributed by atoms with Crippen LogP contribution in [0.25, 0.3) is 22.9 Å². The third-order valence-corrected chi connectivity index (χ3v) is 7.46. The first-order valence-corrected chi connectivity index (χ1v) is 13.9. The van der Waals surface area contributed by atoms with Crippen LogP contribution in [-0.2, 0) is 14.8 Å². The summed E-state index contributed by atoms with van der Waals surface area (Å²) in [6.07, 6.45) is 4.84. The molecule has 3 N–H and O–H groups in total. The number of aromatic amines is 1. The summed E-state index contributed by atoms with van der Waals surface area (Å²) >= 11 is 1.39. The topological polar surface area (TPSA) is 156 Å². The number of hydrogen-bond donors (Lipinski definition) is 3. The first kappa shape index (κ1) is 25.3. The number of sulfonamides is 1. The SMILES string of the molecule is Cc1ccnc(NS(=O)(=O)c2ccc(NC(=O)CCSc3nc(-c4ccco4)c(-c4ccco4)[nH]3)cc2)n1. The van der Waals surface area contributed by atoms with E-state index in [1.54, 1.807) is 37.6 Å². The molecule has 0 spiro atoms. The molecule has 0 fully saturated rings. The third kappa shape index (κ3) is 5.95. The maximum absolute atomic E-state index is 12.6. The predicted octanol–water partition coefficient (Wildman–Crippen LogP) is 4.95. The van der Waals surface area contributed by atoms with Gasteiger partial charge >= 0.3 is 0 Å². The Morgan fingerprint density at radius 1 is 1.00 bits per heavy atom. The Kier molecular flexibility index (Phi) is 7.29. The van der Waals surface area contributed by atoms with Crippen molar-refractivity contribution in [2.75, 3.05) is 15.8 Å². The van der Waals surface area contributed by atoms with Crippen molar-refractivity contribution < 1.29 is 22.0 Å². The van der Waals surface area contributed by atoms with Gasteiger partial charge in [0, 0.05) is 29.8 Å². The quantitative estimate of drug-likeness (QED) is 0.205. The molecule has 0 unspecified atom stereocenters. The highest BCUT2D eigenvalue weighted by Crippen LogP contribution is 2.33. The molecule has 0 saturated carbocycles. The van der Waals surface area contributed by atoms with Gasteiger partial charge in [0.05, 0.1) is 17.4 Å². The summed E-state index contributed by atoms with van der Waals surface area (Å²) in [6.45, 7) is 1.74. The average molecular weight is 551 g/mol. The van der Waals surface area contributed by atoms with E-state index in [-0.39, 0.29) is 23.2 Å². The highest BCUT2D eigenvalue weighted by Gasteiger charge is 2.19. The number of hydrogen-bond acceptors (Lipinski definition) is 9. The molecule has 0 bridgehead atoms. The zero-order chi connectivity index (χ0) is 26.5. The second-order valence-corrected chi connectivity index (χ2v) is 10.8. The molecule has 4 aromatic heterocycles. The fourth-order valence-corrected chi connectivity index (χ4v) is 5.23. The fourth-order valence-electron chi connectivity index (χ4n) is 3.47. The van der Waals surface area contributed by atoms with E-state index in [1.165, 1.54) is 42.2 Å². The number of carbonyl (C=O) groups excluding carboxylic acids is 1. The number of nitrogens with zero attached hydrogens (tertiary/aromatic N) is 3. The number of rotatable bonds is 10. The van der Waals surface area contributed by atoms with Crippen LogP contribution in [0, 0.1) is 6.92 Å². The zero-order valence-electron chi connectivity index (χ0n) is 20.0. The van der Waals surface area contributed by atoms with E-state index in [2.05, 4.69) is 30.0 Å². The van der Waals surface area contributed by atoms with Crippen LogP contribution in [0.4, 0.5) is 11.6 Å². The molecule has 1 aromatic carbocycles. The minimum absolute atomic E-state index is 0.0102. The lowest BCUT2D eigenvalue weighted by atomic mass is 10.2. The molecule has 0 aliphatic rings. The first-order chi connectivity index (χ1) is 18.4. The van der Waals surface area contributed by atoms with E-state index in [0.717, 1.165) is 0 Å². The van der Waals surface area contributed by atoms with Crippen LogP contribution >= 0.6 is 11.8 Å². The van der Waals surface area contributed by atoms with E-state index in [1.807, 2.05) is 12.1 Å². The molecule has 13 heteroatoms. The van der Waals surface area contributed by atoms with E-state index in [9.17, 15) is 13.2 Å². The molecule has 1 amide bonds. The van der Waals surface area contributed by atoms with Gasteiger partial charge in [-0.25, -0.2) is 28.1 Å². The second-order valence-electron chi connectivity index (χ2n) is 8.02. The number of carbonyl (C=O) groups is 1. The van der Waals surface area contributed by atoms with Crippen LogP contribution in [0.3, 0.4) is 0 Å². The van der Waals surface area contributed by atoms with E-state index < -0.39 is 10.0 Å². The lowest BCUT2D eigenvalue weighted by Crippen LogP contribution is -2.16. The molecule has 0 atom stereocenters. The van der Waals surface area contributed by atoms with Crippen LogP contribution in [0.15, 0.2) is 92.2 Å². The number of H-pyrrole nitrogens is 1. The van der Waals surface area contributed by atoms with Crippen molar-refractivity contribution in [3.63, 3.8) is 0 Å². The summed E-state index contributed by atoms with van der Waals surface area (Å²) < 4.78 is 38.5. The van der Waals surface area contributed by atoms with Gasteiger partial charge in [-0.2, -0.15) is 0 Å². The number of anilines is 2. The molecule has 4 heterocycles. The molecule has 0 aliphatic carbocycles. The summed E-state index contributed by atoms with van der Waals surface area (Å²) in [4.78, 5) is 28.3. The van der Waals surface area contributed by atoms with Gasteiger partial charge in [-0.1, -0.05) is 11.8 Å². The summed E-state index contributed by atoms with van der Waals surface area (Å²) in [5.41, 5.74) is 2.42. The van der Waals surface area contributed by atoms with Crippen molar-refractivity contribution in [3.05, 3.63) is 79.0 Å². The Labute approximate surface area is 222 Å². The normalized spacial score (nSPS) is 11.4. The Hall–Kier alpha value is -4.36. The smallest absolute Gasteiger partial charge is 0.264 e.